The Hall–Kier alpha value is -2.25. The summed E-state index contributed by atoms with van der Waals surface area (Å²) in [5.74, 6) is -0.360. The van der Waals surface area contributed by atoms with Crippen LogP contribution in [0.5, 0.6) is 0 Å². The molecule has 2 rings (SSSR count). The zero-order valence-corrected chi connectivity index (χ0v) is 17.2. The molecule has 2 N–H and O–H groups in total. The van der Waals surface area contributed by atoms with Gasteiger partial charge in [0.1, 0.15) is 0 Å². The van der Waals surface area contributed by atoms with E-state index in [1.54, 1.807) is 38.1 Å². The van der Waals surface area contributed by atoms with Gasteiger partial charge in [-0.2, -0.15) is 0 Å². The van der Waals surface area contributed by atoms with Crippen LogP contribution in [0.3, 0.4) is 0 Å². The second kappa shape index (κ2) is 9.10. The third-order valence-electron chi connectivity index (χ3n) is 4.12. The Labute approximate surface area is 166 Å². The van der Waals surface area contributed by atoms with Crippen LogP contribution in [-0.4, -0.2) is 19.4 Å². The third-order valence-corrected chi connectivity index (χ3v) is 6.61. The van der Waals surface area contributed by atoms with E-state index in [0.717, 1.165) is 5.56 Å². The van der Waals surface area contributed by atoms with Crippen LogP contribution in [0.15, 0.2) is 59.5 Å². The number of sulfone groups is 1. The summed E-state index contributed by atoms with van der Waals surface area (Å²) in [6.45, 7) is 5.41. The topological polar surface area (TPSA) is 75.3 Å². The summed E-state index contributed by atoms with van der Waals surface area (Å²) < 4.78 is 26.0. The summed E-state index contributed by atoms with van der Waals surface area (Å²) >= 11 is 5.10. The molecule has 2 aromatic rings. The normalized spacial score (nSPS) is 12.4. The van der Waals surface area contributed by atoms with Gasteiger partial charge in [-0.1, -0.05) is 51.1 Å². The van der Waals surface area contributed by atoms with E-state index in [4.69, 9.17) is 12.2 Å². The molecule has 0 saturated carbocycles. The van der Waals surface area contributed by atoms with Gasteiger partial charge in [0.2, 0.25) is 5.91 Å². The molecule has 0 aliphatic carbocycles. The molecule has 0 saturated heterocycles. The van der Waals surface area contributed by atoms with Crippen molar-refractivity contribution in [3.05, 3.63) is 60.2 Å². The number of anilines is 1. The maximum absolute atomic E-state index is 13.0. The van der Waals surface area contributed by atoms with Crippen molar-refractivity contribution in [2.45, 2.75) is 37.3 Å². The van der Waals surface area contributed by atoms with Gasteiger partial charge >= 0.3 is 0 Å². The highest BCUT2D eigenvalue weighted by Gasteiger charge is 2.27. The molecule has 2 aromatic carbocycles. The quantitative estimate of drug-likeness (QED) is 0.710. The number of nitrogens with one attached hydrogen (secondary N) is 2. The van der Waals surface area contributed by atoms with Crippen LogP contribution in [0.4, 0.5) is 5.69 Å². The summed E-state index contributed by atoms with van der Waals surface area (Å²) in [6, 6.07) is 15.6. The minimum Gasteiger partial charge on any atom is -0.332 e. The van der Waals surface area contributed by atoms with Crippen molar-refractivity contribution in [1.82, 2.24) is 5.32 Å². The average Bonchev–Trinajstić information content (AvgIpc) is 2.63. The zero-order chi connectivity index (χ0) is 20.0. The van der Waals surface area contributed by atoms with Gasteiger partial charge in [-0.3, -0.25) is 4.79 Å². The van der Waals surface area contributed by atoms with E-state index in [-0.39, 0.29) is 21.8 Å². The molecule has 0 aliphatic heterocycles. The maximum atomic E-state index is 13.0. The standard InChI is InChI=1S/C20H24N2O3S2/c1-4-18(15-8-6-5-7-9-15)27(24,25)17-12-10-16(11-13-17)21-20(26)22-19(23)14(2)3/h5-14,18H,4H2,1-3H3,(H2,21,22,23,26). The van der Waals surface area contributed by atoms with E-state index in [1.165, 1.54) is 0 Å². The number of amides is 1. The van der Waals surface area contributed by atoms with Crippen molar-refractivity contribution in [3.8, 4) is 0 Å². The summed E-state index contributed by atoms with van der Waals surface area (Å²) in [5.41, 5.74) is 1.38. The van der Waals surface area contributed by atoms with E-state index in [9.17, 15) is 13.2 Å². The van der Waals surface area contributed by atoms with E-state index in [0.29, 0.717) is 12.1 Å². The first-order valence-electron chi connectivity index (χ1n) is 8.76. The average molecular weight is 405 g/mol. The molecule has 0 aromatic heterocycles. The fourth-order valence-corrected chi connectivity index (χ4v) is 4.63. The first-order valence-corrected chi connectivity index (χ1v) is 10.7. The van der Waals surface area contributed by atoms with Crippen LogP contribution < -0.4 is 10.6 Å². The van der Waals surface area contributed by atoms with Crippen LogP contribution in [-0.2, 0) is 14.6 Å². The van der Waals surface area contributed by atoms with Gasteiger partial charge in [0.05, 0.1) is 10.1 Å². The fourth-order valence-electron chi connectivity index (χ4n) is 2.61. The molecule has 5 nitrogen and oxygen atoms in total. The van der Waals surface area contributed by atoms with E-state index >= 15 is 0 Å². The summed E-state index contributed by atoms with van der Waals surface area (Å²) in [7, 11) is -3.51. The van der Waals surface area contributed by atoms with Gasteiger partial charge in [-0.25, -0.2) is 8.42 Å². The predicted molar refractivity (Wildman–Crippen MR) is 112 cm³/mol. The molecule has 7 heteroatoms. The smallest absolute Gasteiger partial charge is 0.228 e. The summed E-state index contributed by atoms with van der Waals surface area (Å²) in [5, 5.41) is 5.06. The van der Waals surface area contributed by atoms with Crippen LogP contribution >= 0.6 is 12.2 Å². The zero-order valence-electron chi connectivity index (χ0n) is 15.6. The number of hydrogen-bond donors (Lipinski definition) is 2. The summed E-state index contributed by atoms with van der Waals surface area (Å²) in [6.07, 6.45) is 0.484. The van der Waals surface area contributed by atoms with Crippen molar-refractivity contribution < 1.29 is 13.2 Å². The first-order chi connectivity index (χ1) is 12.8. The number of carbonyl (C=O) groups excluding carboxylic acids is 1. The largest absolute Gasteiger partial charge is 0.332 e. The second-order valence-electron chi connectivity index (χ2n) is 6.48. The lowest BCUT2D eigenvalue weighted by atomic mass is 10.1. The first kappa shape index (κ1) is 21.1. The Balaban J connectivity index is 2.16. The van der Waals surface area contributed by atoms with Gasteiger partial charge in [0, 0.05) is 11.6 Å². The Morgan fingerprint density at radius 3 is 2.15 bits per heavy atom. The molecule has 0 aliphatic rings. The van der Waals surface area contributed by atoms with E-state index in [2.05, 4.69) is 10.6 Å². The number of thiocarbonyl (C=S) groups is 1. The van der Waals surface area contributed by atoms with E-state index in [1.807, 2.05) is 37.3 Å². The predicted octanol–water partition coefficient (Wildman–Crippen LogP) is 4.08. The number of hydrogen-bond acceptors (Lipinski definition) is 4. The molecule has 0 radical (unpaired) electrons. The summed E-state index contributed by atoms with van der Waals surface area (Å²) in [4.78, 5) is 11.9. The number of rotatable bonds is 6. The maximum Gasteiger partial charge on any atom is 0.228 e. The highest BCUT2D eigenvalue weighted by atomic mass is 32.2. The molecule has 0 bridgehead atoms. The molecule has 27 heavy (non-hydrogen) atoms. The molecular formula is C20H24N2O3S2. The van der Waals surface area contributed by atoms with Gasteiger partial charge in [0.25, 0.3) is 0 Å². The SMILES string of the molecule is CCC(c1ccccc1)S(=O)(=O)c1ccc(NC(=S)NC(=O)C(C)C)cc1. The molecule has 1 atom stereocenters. The molecule has 0 heterocycles. The van der Waals surface area contributed by atoms with Crippen molar-refractivity contribution in [1.29, 1.82) is 0 Å². The molecule has 1 amide bonds. The Morgan fingerprint density at radius 2 is 1.63 bits per heavy atom. The number of benzene rings is 2. The highest BCUT2D eigenvalue weighted by Crippen LogP contribution is 2.31. The lowest BCUT2D eigenvalue weighted by Crippen LogP contribution is -2.36. The van der Waals surface area contributed by atoms with Crippen LogP contribution in [0.25, 0.3) is 0 Å². The van der Waals surface area contributed by atoms with E-state index < -0.39 is 15.1 Å². The monoisotopic (exact) mass is 404 g/mol. The van der Waals surface area contributed by atoms with Gasteiger partial charge in [-0.05, 0) is 48.5 Å². The number of carbonyl (C=O) groups is 1. The third kappa shape index (κ3) is 5.37. The van der Waals surface area contributed by atoms with Crippen molar-refractivity contribution in [3.63, 3.8) is 0 Å². The minimum atomic E-state index is -3.51. The Kier molecular flexibility index (Phi) is 7.10. The van der Waals surface area contributed by atoms with Crippen LogP contribution in [0.2, 0.25) is 0 Å². The molecule has 1 unspecified atom stereocenters. The van der Waals surface area contributed by atoms with Crippen LogP contribution in [0.1, 0.15) is 38.0 Å². The van der Waals surface area contributed by atoms with Gasteiger partial charge < -0.3 is 10.6 Å². The van der Waals surface area contributed by atoms with Crippen molar-refractivity contribution >= 4 is 38.8 Å². The second-order valence-corrected chi connectivity index (χ2v) is 9.01. The van der Waals surface area contributed by atoms with Gasteiger partial charge in [-0.15, -0.1) is 0 Å². The molecular weight excluding hydrogens is 380 g/mol. The highest BCUT2D eigenvalue weighted by molar-refractivity contribution is 7.91. The molecule has 0 spiro atoms. The minimum absolute atomic E-state index is 0.179. The van der Waals surface area contributed by atoms with Crippen LogP contribution in [0, 0.1) is 5.92 Å². The lowest BCUT2D eigenvalue weighted by molar-refractivity contribution is -0.122. The molecule has 144 valence electrons. The Bertz CT molecular complexity index is 893. The van der Waals surface area contributed by atoms with Crippen molar-refractivity contribution in [2.75, 3.05) is 5.32 Å². The van der Waals surface area contributed by atoms with Gasteiger partial charge in [0.15, 0.2) is 14.9 Å². The Morgan fingerprint density at radius 1 is 1.04 bits per heavy atom. The fraction of sp³-hybridized carbons (Fsp3) is 0.300. The van der Waals surface area contributed by atoms with Crippen molar-refractivity contribution in [2.24, 2.45) is 5.92 Å². The lowest BCUT2D eigenvalue weighted by Gasteiger charge is -2.17. The molecule has 0 fully saturated rings.